The summed E-state index contributed by atoms with van der Waals surface area (Å²) in [5, 5.41) is 5.75. The number of benzene rings is 2. The van der Waals surface area contributed by atoms with E-state index in [0.717, 1.165) is 18.4 Å². The van der Waals surface area contributed by atoms with E-state index in [4.69, 9.17) is 9.47 Å². The molecule has 7 nitrogen and oxygen atoms in total. The third-order valence-electron chi connectivity index (χ3n) is 4.61. The molecule has 160 valence electrons. The predicted octanol–water partition coefficient (Wildman–Crippen LogP) is 4.53. The van der Waals surface area contributed by atoms with Gasteiger partial charge in [-0.1, -0.05) is 26.0 Å². The SMILES string of the molecule is CCOC(=O)Oc1ccc(C(=O)Nc2ccc(CNC(=O)C(CC)CC)cc2)cc1. The Morgan fingerprint density at radius 2 is 1.53 bits per heavy atom. The van der Waals surface area contributed by atoms with Gasteiger partial charge >= 0.3 is 6.16 Å². The highest BCUT2D eigenvalue weighted by atomic mass is 16.7. The normalized spacial score (nSPS) is 10.4. The smallest absolute Gasteiger partial charge is 0.434 e. The van der Waals surface area contributed by atoms with Crippen LogP contribution >= 0.6 is 0 Å². The van der Waals surface area contributed by atoms with Crippen LogP contribution in [0.3, 0.4) is 0 Å². The molecule has 7 heteroatoms. The van der Waals surface area contributed by atoms with Crippen molar-refractivity contribution < 1.29 is 23.9 Å². The van der Waals surface area contributed by atoms with Crippen molar-refractivity contribution in [1.82, 2.24) is 5.32 Å². The first-order chi connectivity index (χ1) is 14.5. The highest BCUT2D eigenvalue weighted by molar-refractivity contribution is 6.04. The molecule has 0 fully saturated rings. The quantitative estimate of drug-likeness (QED) is 0.466. The number of rotatable bonds is 9. The molecule has 30 heavy (non-hydrogen) atoms. The Morgan fingerprint density at radius 3 is 2.10 bits per heavy atom. The fourth-order valence-electron chi connectivity index (χ4n) is 2.82. The predicted molar refractivity (Wildman–Crippen MR) is 114 cm³/mol. The summed E-state index contributed by atoms with van der Waals surface area (Å²) >= 11 is 0. The lowest BCUT2D eigenvalue weighted by molar-refractivity contribution is -0.125. The number of amides is 2. The van der Waals surface area contributed by atoms with Crippen LogP contribution in [-0.4, -0.2) is 24.6 Å². The Labute approximate surface area is 176 Å². The number of nitrogens with one attached hydrogen (secondary N) is 2. The molecule has 0 saturated carbocycles. The van der Waals surface area contributed by atoms with Crippen LogP contribution < -0.4 is 15.4 Å². The van der Waals surface area contributed by atoms with Crippen LogP contribution in [0.2, 0.25) is 0 Å². The first kappa shape index (κ1) is 22.9. The van der Waals surface area contributed by atoms with Crippen molar-refractivity contribution in [1.29, 1.82) is 0 Å². The Balaban J connectivity index is 1.88. The van der Waals surface area contributed by atoms with Gasteiger partial charge in [-0.05, 0) is 61.7 Å². The minimum atomic E-state index is -0.786. The van der Waals surface area contributed by atoms with E-state index in [1.165, 1.54) is 12.1 Å². The average molecular weight is 412 g/mol. The van der Waals surface area contributed by atoms with Crippen LogP contribution in [-0.2, 0) is 16.1 Å². The number of carbonyl (C=O) groups is 3. The topological polar surface area (TPSA) is 93.7 Å². The van der Waals surface area contributed by atoms with Gasteiger partial charge < -0.3 is 20.1 Å². The summed E-state index contributed by atoms with van der Waals surface area (Å²) in [4.78, 5) is 35.8. The molecule has 0 aliphatic rings. The van der Waals surface area contributed by atoms with E-state index >= 15 is 0 Å². The van der Waals surface area contributed by atoms with Gasteiger partial charge in [-0.15, -0.1) is 0 Å². The van der Waals surface area contributed by atoms with Gasteiger partial charge in [0.1, 0.15) is 5.75 Å². The zero-order chi connectivity index (χ0) is 21.9. The first-order valence-corrected chi connectivity index (χ1v) is 10.1. The summed E-state index contributed by atoms with van der Waals surface area (Å²) in [6.45, 7) is 6.37. The van der Waals surface area contributed by atoms with Crippen molar-refractivity contribution in [3.8, 4) is 5.75 Å². The van der Waals surface area contributed by atoms with Crippen LogP contribution in [0.25, 0.3) is 0 Å². The van der Waals surface area contributed by atoms with E-state index in [1.54, 1.807) is 31.2 Å². The molecule has 0 aliphatic heterocycles. The van der Waals surface area contributed by atoms with Gasteiger partial charge in [0.15, 0.2) is 0 Å². The lowest BCUT2D eigenvalue weighted by Gasteiger charge is -2.13. The van der Waals surface area contributed by atoms with Gasteiger partial charge in [-0.2, -0.15) is 0 Å². The molecular formula is C23H28N2O5. The van der Waals surface area contributed by atoms with E-state index in [1.807, 2.05) is 26.0 Å². The minimum absolute atomic E-state index is 0.0395. The fourth-order valence-corrected chi connectivity index (χ4v) is 2.82. The molecule has 2 aromatic rings. The van der Waals surface area contributed by atoms with Gasteiger partial charge in [0.2, 0.25) is 5.91 Å². The second-order valence-corrected chi connectivity index (χ2v) is 6.69. The molecule has 0 unspecified atom stereocenters. The molecule has 2 rings (SSSR count). The first-order valence-electron chi connectivity index (χ1n) is 10.1. The summed E-state index contributed by atoms with van der Waals surface area (Å²) in [5.74, 6) is 0.114. The van der Waals surface area contributed by atoms with E-state index in [0.29, 0.717) is 23.5 Å². The average Bonchev–Trinajstić information content (AvgIpc) is 2.74. The number of anilines is 1. The summed E-state index contributed by atoms with van der Waals surface area (Å²) in [5.41, 5.74) is 2.02. The summed E-state index contributed by atoms with van der Waals surface area (Å²) in [6.07, 6.45) is 0.859. The van der Waals surface area contributed by atoms with Gasteiger partial charge in [0.25, 0.3) is 5.91 Å². The lowest BCUT2D eigenvalue weighted by atomic mass is 10.0. The highest BCUT2D eigenvalue weighted by Crippen LogP contribution is 2.16. The molecule has 0 heterocycles. The Hall–Kier alpha value is -3.35. The van der Waals surface area contributed by atoms with Gasteiger partial charge in [-0.3, -0.25) is 9.59 Å². The standard InChI is InChI=1S/C23H28N2O5/c1-4-17(5-2)21(26)24-15-16-7-11-19(12-8-16)25-22(27)18-9-13-20(14-10-18)30-23(28)29-6-3/h7-14,17H,4-6,15H2,1-3H3,(H,24,26)(H,25,27). The molecular weight excluding hydrogens is 384 g/mol. The third-order valence-corrected chi connectivity index (χ3v) is 4.61. The zero-order valence-electron chi connectivity index (χ0n) is 17.6. The van der Waals surface area contributed by atoms with Crippen LogP contribution in [0, 0.1) is 5.92 Å². The van der Waals surface area contributed by atoms with Crippen molar-refractivity contribution in [2.24, 2.45) is 5.92 Å². The van der Waals surface area contributed by atoms with Crippen LogP contribution in [0.1, 0.15) is 49.5 Å². The maximum absolute atomic E-state index is 12.4. The molecule has 2 aromatic carbocycles. The number of hydrogen-bond donors (Lipinski definition) is 2. The van der Waals surface area contributed by atoms with E-state index in [2.05, 4.69) is 10.6 Å². The van der Waals surface area contributed by atoms with Crippen molar-refractivity contribution >= 4 is 23.7 Å². The van der Waals surface area contributed by atoms with E-state index < -0.39 is 6.16 Å². The van der Waals surface area contributed by atoms with Crippen molar-refractivity contribution in [2.75, 3.05) is 11.9 Å². The molecule has 0 bridgehead atoms. The lowest BCUT2D eigenvalue weighted by Crippen LogP contribution is -2.29. The van der Waals surface area contributed by atoms with Crippen molar-refractivity contribution in [2.45, 2.75) is 40.2 Å². The van der Waals surface area contributed by atoms with Crippen molar-refractivity contribution in [3.63, 3.8) is 0 Å². The van der Waals surface area contributed by atoms with Crippen molar-refractivity contribution in [3.05, 3.63) is 59.7 Å². The largest absolute Gasteiger partial charge is 0.513 e. The molecule has 0 spiro atoms. The maximum Gasteiger partial charge on any atom is 0.513 e. The fraction of sp³-hybridized carbons (Fsp3) is 0.348. The number of ether oxygens (including phenoxy) is 2. The Kier molecular flexibility index (Phi) is 8.87. The monoisotopic (exact) mass is 412 g/mol. The Bertz CT molecular complexity index is 843. The summed E-state index contributed by atoms with van der Waals surface area (Å²) < 4.78 is 9.67. The second kappa shape index (κ2) is 11.6. The molecule has 0 atom stereocenters. The highest BCUT2D eigenvalue weighted by Gasteiger charge is 2.13. The number of carbonyl (C=O) groups excluding carboxylic acids is 3. The maximum atomic E-state index is 12.4. The Morgan fingerprint density at radius 1 is 0.900 bits per heavy atom. The minimum Gasteiger partial charge on any atom is -0.434 e. The van der Waals surface area contributed by atoms with E-state index in [9.17, 15) is 14.4 Å². The van der Waals surface area contributed by atoms with Gasteiger partial charge in [0, 0.05) is 23.7 Å². The van der Waals surface area contributed by atoms with Crippen LogP contribution in [0.15, 0.2) is 48.5 Å². The molecule has 2 N–H and O–H groups in total. The van der Waals surface area contributed by atoms with Crippen LogP contribution in [0.5, 0.6) is 5.75 Å². The zero-order valence-corrected chi connectivity index (χ0v) is 17.6. The second-order valence-electron chi connectivity index (χ2n) is 6.69. The van der Waals surface area contributed by atoms with E-state index in [-0.39, 0.29) is 24.3 Å². The number of hydrogen-bond acceptors (Lipinski definition) is 5. The van der Waals surface area contributed by atoms with Crippen LogP contribution in [0.4, 0.5) is 10.5 Å². The van der Waals surface area contributed by atoms with Gasteiger partial charge in [0.05, 0.1) is 6.61 Å². The molecule has 0 aromatic heterocycles. The summed E-state index contributed by atoms with van der Waals surface area (Å²) in [7, 11) is 0. The summed E-state index contributed by atoms with van der Waals surface area (Å²) in [6, 6.07) is 13.5. The molecule has 0 aliphatic carbocycles. The van der Waals surface area contributed by atoms with Gasteiger partial charge in [-0.25, -0.2) is 4.79 Å². The molecule has 2 amide bonds. The third kappa shape index (κ3) is 6.92. The molecule has 0 radical (unpaired) electrons. The molecule has 0 saturated heterocycles.